The molecule has 2 rings (SSSR count). The predicted octanol–water partition coefficient (Wildman–Crippen LogP) is 2.52. The molecular weight excluding hydrogens is 198 g/mol. The van der Waals surface area contributed by atoms with Gasteiger partial charge in [0.15, 0.2) is 0 Å². The van der Waals surface area contributed by atoms with E-state index in [1.54, 1.807) is 0 Å². The lowest BCUT2D eigenvalue weighted by molar-refractivity contribution is 0.00335. The summed E-state index contributed by atoms with van der Waals surface area (Å²) >= 11 is 0. The Morgan fingerprint density at radius 3 is 2.12 bits per heavy atom. The van der Waals surface area contributed by atoms with E-state index >= 15 is 0 Å². The van der Waals surface area contributed by atoms with Crippen LogP contribution in [-0.4, -0.2) is 35.7 Å². The lowest BCUT2D eigenvalue weighted by Gasteiger charge is -2.48. The highest BCUT2D eigenvalue weighted by Gasteiger charge is 2.36. The smallest absolute Gasteiger partial charge is 0.0540 e. The van der Waals surface area contributed by atoms with Crippen molar-refractivity contribution in [3.8, 4) is 0 Å². The van der Waals surface area contributed by atoms with Crippen molar-refractivity contribution in [1.82, 2.24) is 4.90 Å². The molecule has 0 amide bonds. The monoisotopic (exact) mass is 225 g/mol. The largest absolute Gasteiger partial charge is 0.393 e. The van der Waals surface area contributed by atoms with Crippen LogP contribution in [0.4, 0.5) is 0 Å². The molecule has 0 bridgehead atoms. The van der Waals surface area contributed by atoms with Crippen molar-refractivity contribution in [2.24, 2.45) is 17.3 Å². The van der Waals surface area contributed by atoms with Gasteiger partial charge in [0.25, 0.3) is 0 Å². The molecule has 1 heterocycles. The number of hydrogen-bond donors (Lipinski definition) is 1. The Balaban J connectivity index is 1.66. The Hall–Kier alpha value is -0.0800. The normalized spacial score (nSPS) is 33.8. The number of rotatable bonds is 2. The van der Waals surface area contributed by atoms with Crippen LogP contribution in [0.1, 0.15) is 46.5 Å². The SMILES string of the molecule is CC(C)(C)C1CN(CC2CCC(O)CC2)C1. The van der Waals surface area contributed by atoms with Gasteiger partial charge in [0.1, 0.15) is 0 Å². The fourth-order valence-electron chi connectivity index (χ4n) is 2.96. The molecule has 0 atom stereocenters. The van der Waals surface area contributed by atoms with Crippen molar-refractivity contribution in [2.75, 3.05) is 19.6 Å². The Morgan fingerprint density at radius 2 is 1.62 bits per heavy atom. The fourth-order valence-corrected chi connectivity index (χ4v) is 2.96. The summed E-state index contributed by atoms with van der Waals surface area (Å²) in [6, 6.07) is 0. The molecule has 2 heteroatoms. The summed E-state index contributed by atoms with van der Waals surface area (Å²) in [7, 11) is 0. The number of aliphatic hydroxyl groups is 1. The molecule has 0 radical (unpaired) electrons. The first-order chi connectivity index (χ1) is 7.45. The molecule has 94 valence electrons. The van der Waals surface area contributed by atoms with E-state index < -0.39 is 0 Å². The van der Waals surface area contributed by atoms with E-state index in [0.29, 0.717) is 5.41 Å². The number of aliphatic hydroxyl groups excluding tert-OH is 1. The third-order valence-electron chi connectivity index (χ3n) is 4.51. The summed E-state index contributed by atoms with van der Waals surface area (Å²) in [6.07, 6.45) is 4.52. The molecule has 0 aromatic carbocycles. The molecule has 0 unspecified atom stereocenters. The molecule has 16 heavy (non-hydrogen) atoms. The zero-order valence-corrected chi connectivity index (χ0v) is 11.1. The van der Waals surface area contributed by atoms with Gasteiger partial charge in [-0.1, -0.05) is 20.8 Å². The number of hydrogen-bond acceptors (Lipinski definition) is 2. The van der Waals surface area contributed by atoms with Gasteiger partial charge in [-0.05, 0) is 42.9 Å². The van der Waals surface area contributed by atoms with Crippen LogP contribution in [0.5, 0.6) is 0 Å². The fraction of sp³-hybridized carbons (Fsp3) is 1.00. The first kappa shape index (κ1) is 12.4. The van der Waals surface area contributed by atoms with Crippen molar-refractivity contribution in [2.45, 2.75) is 52.6 Å². The van der Waals surface area contributed by atoms with E-state index in [9.17, 15) is 5.11 Å². The average molecular weight is 225 g/mol. The predicted molar refractivity (Wildman–Crippen MR) is 67.3 cm³/mol. The Bertz CT molecular complexity index is 219. The third kappa shape index (κ3) is 2.98. The van der Waals surface area contributed by atoms with Crippen molar-refractivity contribution in [1.29, 1.82) is 0 Å². The molecule has 1 saturated carbocycles. The highest BCUT2D eigenvalue weighted by Crippen LogP contribution is 2.35. The van der Waals surface area contributed by atoms with E-state index in [0.717, 1.165) is 24.7 Å². The van der Waals surface area contributed by atoms with Crippen LogP contribution in [0.15, 0.2) is 0 Å². The van der Waals surface area contributed by atoms with E-state index in [1.807, 2.05) is 0 Å². The topological polar surface area (TPSA) is 23.5 Å². The second kappa shape index (κ2) is 4.66. The number of likely N-dealkylation sites (tertiary alicyclic amines) is 1. The maximum Gasteiger partial charge on any atom is 0.0540 e. The molecule has 0 aromatic rings. The van der Waals surface area contributed by atoms with Gasteiger partial charge in [-0.3, -0.25) is 0 Å². The summed E-state index contributed by atoms with van der Waals surface area (Å²) in [5.74, 6) is 1.74. The minimum Gasteiger partial charge on any atom is -0.393 e. The van der Waals surface area contributed by atoms with E-state index in [2.05, 4.69) is 25.7 Å². The first-order valence-electron chi connectivity index (χ1n) is 6.85. The van der Waals surface area contributed by atoms with Crippen LogP contribution in [0.2, 0.25) is 0 Å². The quantitative estimate of drug-likeness (QED) is 0.780. The van der Waals surface area contributed by atoms with Crippen molar-refractivity contribution in [3.05, 3.63) is 0 Å². The minimum atomic E-state index is -0.00466. The molecule has 2 aliphatic rings. The average Bonchev–Trinajstić information content (AvgIpc) is 2.11. The molecule has 1 aliphatic heterocycles. The van der Waals surface area contributed by atoms with Crippen LogP contribution in [0, 0.1) is 17.3 Å². The summed E-state index contributed by atoms with van der Waals surface area (Å²) in [6.45, 7) is 10.9. The zero-order valence-electron chi connectivity index (χ0n) is 11.1. The van der Waals surface area contributed by atoms with Gasteiger partial charge in [-0.25, -0.2) is 0 Å². The first-order valence-corrected chi connectivity index (χ1v) is 6.85. The maximum atomic E-state index is 9.47. The maximum absolute atomic E-state index is 9.47. The zero-order chi connectivity index (χ0) is 11.8. The molecule has 1 saturated heterocycles. The molecule has 0 aromatic heterocycles. The lowest BCUT2D eigenvalue weighted by atomic mass is 9.75. The van der Waals surface area contributed by atoms with Gasteiger partial charge >= 0.3 is 0 Å². The van der Waals surface area contributed by atoms with E-state index in [4.69, 9.17) is 0 Å². The van der Waals surface area contributed by atoms with Gasteiger partial charge in [0, 0.05) is 19.6 Å². The summed E-state index contributed by atoms with van der Waals surface area (Å²) < 4.78 is 0. The number of nitrogens with zero attached hydrogens (tertiary/aromatic N) is 1. The van der Waals surface area contributed by atoms with Crippen LogP contribution in [0.3, 0.4) is 0 Å². The Kier molecular flexibility index (Phi) is 3.60. The minimum absolute atomic E-state index is 0.00466. The van der Waals surface area contributed by atoms with Gasteiger partial charge < -0.3 is 10.0 Å². The summed E-state index contributed by atoms with van der Waals surface area (Å²) in [4.78, 5) is 2.61. The van der Waals surface area contributed by atoms with Gasteiger partial charge in [0.2, 0.25) is 0 Å². The van der Waals surface area contributed by atoms with Crippen LogP contribution in [0.25, 0.3) is 0 Å². The van der Waals surface area contributed by atoms with E-state index in [1.165, 1.54) is 32.5 Å². The van der Waals surface area contributed by atoms with E-state index in [-0.39, 0.29) is 6.10 Å². The van der Waals surface area contributed by atoms with Crippen molar-refractivity contribution in [3.63, 3.8) is 0 Å². The lowest BCUT2D eigenvalue weighted by Crippen LogP contribution is -2.53. The van der Waals surface area contributed by atoms with Crippen LogP contribution in [-0.2, 0) is 0 Å². The molecule has 2 nitrogen and oxygen atoms in total. The molecule has 1 aliphatic carbocycles. The van der Waals surface area contributed by atoms with Gasteiger partial charge in [0.05, 0.1) is 6.10 Å². The molecular formula is C14H27NO. The summed E-state index contributed by atoms with van der Waals surface area (Å²) in [5.41, 5.74) is 0.485. The van der Waals surface area contributed by atoms with Gasteiger partial charge in [-0.15, -0.1) is 0 Å². The Morgan fingerprint density at radius 1 is 1.06 bits per heavy atom. The highest BCUT2D eigenvalue weighted by atomic mass is 16.3. The molecule has 0 spiro atoms. The molecule has 2 fully saturated rings. The standard InChI is InChI=1S/C14H27NO/c1-14(2,3)12-9-15(10-12)8-11-4-6-13(16)7-5-11/h11-13,16H,4-10H2,1-3H3. The van der Waals surface area contributed by atoms with Crippen molar-refractivity contribution >= 4 is 0 Å². The second-order valence-corrected chi connectivity index (χ2v) is 6.96. The summed E-state index contributed by atoms with van der Waals surface area (Å²) in [5, 5.41) is 9.47. The van der Waals surface area contributed by atoms with Crippen LogP contribution >= 0.6 is 0 Å². The van der Waals surface area contributed by atoms with Crippen LogP contribution < -0.4 is 0 Å². The second-order valence-electron chi connectivity index (χ2n) is 6.96. The van der Waals surface area contributed by atoms with Gasteiger partial charge in [-0.2, -0.15) is 0 Å². The Labute approximate surface area is 100 Å². The molecule has 1 N–H and O–H groups in total. The third-order valence-corrected chi connectivity index (χ3v) is 4.51. The highest BCUT2D eigenvalue weighted by molar-refractivity contribution is 4.89. The van der Waals surface area contributed by atoms with Crippen molar-refractivity contribution < 1.29 is 5.11 Å².